The van der Waals surface area contributed by atoms with Gasteiger partial charge >= 0.3 is 0 Å². The average Bonchev–Trinajstić information content (AvgIpc) is 2.62. The summed E-state index contributed by atoms with van der Waals surface area (Å²) in [6.45, 7) is 4.22. The normalized spacial score (nSPS) is 16.4. The summed E-state index contributed by atoms with van der Waals surface area (Å²) in [7, 11) is 0. The molecule has 4 nitrogen and oxygen atoms in total. The summed E-state index contributed by atoms with van der Waals surface area (Å²) in [5.41, 5.74) is 3.51. The predicted octanol–water partition coefficient (Wildman–Crippen LogP) is 2.90. The molecular formula is C19H25N3O. The van der Waals surface area contributed by atoms with Crippen molar-refractivity contribution in [1.29, 1.82) is 0 Å². The fourth-order valence-corrected chi connectivity index (χ4v) is 3.06. The van der Waals surface area contributed by atoms with E-state index >= 15 is 0 Å². The number of nitrogens with one attached hydrogen (secondary N) is 1. The molecule has 3 rings (SSSR count). The van der Waals surface area contributed by atoms with Crippen LogP contribution in [0.5, 0.6) is 0 Å². The maximum atomic E-state index is 9.22. The molecule has 1 saturated heterocycles. The van der Waals surface area contributed by atoms with Gasteiger partial charge in [-0.1, -0.05) is 18.2 Å². The predicted molar refractivity (Wildman–Crippen MR) is 93.1 cm³/mol. The summed E-state index contributed by atoms with van der Waals surface area (Å²) in [6.07, 6.45) is 4.03. The molecule has 0 amide bonds. The Hall–Kier alpha value is -1.91. The van der Waals surface area contributed by atoms with Gasteiger partial charge in [-0.2, -0.15) is 0 Å². The van der Waals surface area contributed by atoms with Crippen molar-refractivity contribution in [2.24, 2.45) is 5.92 Å². The SMILES string of the molecule is OCC1CCN(Cc2cccc(NCc3ccccn3)c2)CC1. The van der Waals surface area contributed by atoms with Gasteiger partial charge in [0.1, 0.15) is 0 Å². The molecule has 0 unspecified atom stereocenters. The molecule has 0 radical (unpaired) electrons. The van der Waals surface area contributed by atoms with Gasteiger partial charge in [0.05, 0.1) is 12.2 Å². The first-order valence-corrected chi connectivity index (χ1v) is 8.39. The molecule has 0 atom stereocenters. The molecule has 1 aromatic carbocycles. The van der Waals surface area contributed by atoms with Crippen LogP contribution < -0.4 is 5.32 Å². The lowest BCUT2D eigenvalue weighted by molar-refractivity contribution is 0.127. The van der Waals surface area contributed by atoms with Crippen molar-refractivity contribution in [2.45, 2.75) is 25.9 Å². The van der Waals surface area contributed by atoms with Crippen LogP contribution in [-0.4, -0.2) is 34.7 Å². The van der Waals surface area contributed by atoms with Crippen LogP contribution in [0.3, 0.4) is 0 Å². The zero-order chi connectivity index (χ0) is 15.9. The summed E-state index contributed by atoms with van der Waals surface area (Å²) in [5, 5.41) is 12.7. The molecule has 0 aliphatic carbocycles. The maximum Gasteiger partial charge on any atom is 0.0594 e. The topological polar surface area (TPSA) is 48.4 Å². The smallest absolute Gasteiger partial charge is 0.0594 e. The van der Waals surface area contributed by atoms with Gasteiger partial charge in [0.15, 0.2) is 0 Å². The van der Waals surface area contributed by atoms with E-state index in [1.54, 1.807) is 0 Å². The molecule has 0 bridgehead atoms. The zero-order valence-electron chi connectivity index (χ0n) is 13.5. The second-order valence-electron chi connectivity index (χ2n) is 6.28. The average molecular weight is 311 g/mol. The van der Waals surface area contributed by atoms with Gasteiger partial charge in [0, 0.05) is 25.0 Å². The van der Waals surface area contributed by atoms with Gasteiger partial charge in [-0.25, -0.2) is 0 Å². The standard InChI is InChI=1S/C19H25N3O/c23-15-16-7-10-22(11-8-16)14-17-4-3-6-18(12-17)21-13-19-5-1-2-9-20-19/h1-6,9,12,16,21,23H,7-8,10-11,13-15H2. The van der Waals surface area contributed by atoms with Crippen molar-refractivity contribution in [3.05, 3.63) is 59.9 Å². The molecule has 2 N–H and O–H groups in total. The summed E-state index contributed by atoms with van der Waals surface area (Å²) in [4.78, 5) is 6.81. The number of aliphatic hydroxyl groups excluding tert-OH is 1. The molecule has 4 heteroatoms. The van der Waals surface area contributed by atoms with Gasteiger partial charge in [0.25, 0.3) is 0 Å². The molecule has 23 heavy (non-hydrogen) atoms. The molecule has 0 saturated carbocycles. The van der Waals surface area contributed by atoms with Gasteiger partial charge in [0.2, 0.25) is 0 Å². The maximum absolute atomic E-state index is 9.22. The van der Waals surface area contributed by atoms with Crippen molar-refractivity contribution >= 4 is 5.69 Å². The van der Waals surface area contributed by atoms with Crippen LogP contribution in [0.4, 0.5) is 5.69 Å². The number of nitrogens with zero attached hydrogens (tertiary/aromatic N) is 2. The first kappa shape index (κ1) is 16.0. The molecule has 2 heterocycles. The number of hydrogen-bond donors (Lipinski definition) is 2. The summed E-state index contributed by atoms with van der Waals surface area (Å²) in [6, 6.07) is 14.6. The van der Waals surface area contributed by atoms with Crippen molar-refractivity contribution in [2.75, 3.05) is 25.0 Å². The van der Waals surface area contributed by atoms with Crippen LogP contribution in [0.15, 0.2) is 48.7 Å². The lowest BCUT2D eigenvalue weighted by atomic mass is 9.97. The largest absolute Gasteiger partial charge is 0.396 e. The number of pyridine rings is 1. The molecule has 122 valence electrons. The molecule has 2 aromatic rings. The zero-order valence-corrected chi connectivity index (χ0v) is 13.5. The van der Waals surface area contributed by atoms with E-state index in [1.165, 1.54) is 5.56 Å². The lowest BCUT2D eigenvalue weighted by Crippen LogP contribution is -2.34. The monoisotopic (exact) mass is 311 g/mol. The first-order valence-electron chi connectivity index (χ1n) is 8.39. The van der Waals surface area contributed by atoms with E-state index in [0.29, 0.717) is 12.5 Å². The Bertz CT molecular complexity index is 595. The minimum atomic E-state index is 0.334. The van der Waals surface area contributed by atoms with Crippen molar-refractivity contribution < 1.29 is 5.11 Å². The van der Waals surface area contributed by atoms with Gasteiger partial charge in [-0.15, -0.1) is 0 Å². The Labute approximate surface area is 138 Å². The van der Waals surface area contributed by atoms with Crippen LogP contribution in [0, 0.1) is 5.92 Å². The Morgan fingerprint density at radius 3 is 2.74 bits per heavy atom. The third kappa shape index (κ3) is 4.78. The van der Waals surface area contributed by atoms with Crippen molar-refractivity contribution in [3.63, 3.8) is 0 Å². The highest BCUT2D eigenvalue weighted by atomic mass is 16.3. The van der Waals surface area contributed by atoms with Crippen molar-refractivity contribution in [1.82, 2.24) is 9.88 Å². The van der Waals surface area contributed by atoms with Crippen LogP contribution in [-0.2, 0) is 13.1 Å². The van der Waals surface area contributed by atoms with Crippen LogP contribution in [0.2, 0.25) is 0 Å². The molecule has 1 aliphatic heterocycles. The number of anilines is 1. The van der Waals surface area contributed by atoms with E-state index in [-0.39, 0.29) is 0 Å². The number of piperidine rings is 1. The van der Waals surface area contributed by atoms with Crippen LogP contribution in [0.1, 0.15) is 24.1 Å². The Balaban J connectivity index is 1.53. The number of aliphatic hydroxyl groups is 1. The number of likely N-dealkylation sites (tertiary alicyclic amines) is 1. The summed E-state index contributed by atoms with van der Waals surface area (Å²) in [5.74, 6) is 0.498. The number of benzene rings is 1. The summed E-state index contributed by atoms with van der Waals surface area (Å²) >= 11 is 0. The summed E-state index contributed by atoms with van der Waals surface area (Å²) < 4.78 is 0. The van der Waals surface area contributed by atoms with Gasteiger partial charge < -0.3 is 10.4 Å². The molecule has 1 fully saturated rings. The van der Waals surface area contributed by atoms with Crippen LogP contribution >= 0.6 is 0 Å². The van der Waals surface area contributed by atoms with E-state index in [1.807, 2.05) is 24.4 Å². The Kier molecular flexibility index (Phi) is 5.61. The third-order valence-electron chi connectivity index (χ3n) is 4.50. The lowest BCUT2D eigenvalue weighted by Gasteiger charge is -2.31. The quantitative estimate of drug-likeness (QED) is 0.861. The number of hydrogen-bond acceptors (Lipinski definition) is 4. The van der Waals surface area contributed by atoms with E-state index < -0.39 is 0 Å². The fraction of sp³-hybridized carbons (Fsp3) is 0.421. The Morgan fingerprint density at radius 2 is 2.00 bits per heavy atom. The van der Waals surface area contributed by atoms with Crippen molar-refractivity contribution in [3.8, 4) is 0 Å². The fourth-order valence-electron chi connectivity index (χ4n) is 3.06. The van der Waals surface area contributed by atoms with Gasteiger partial charge in [-0.05, 0) is 61.7 Å². The highest BCUT2D eigenvalue weighted by molar-refractivity contribution is 5.46. The second kappa shape index (κ2) is 8.09. The van der Waals surface area contributed by atoms with E-state index in [2.05, 4.69) is 39.5 Å². The highest BCUT2D eigenvalue weighted by Gasteiger charge is 2.18. The van der Waals surface area contributed by atoms with E-state index in [4.69, 9.17) is 0 Å². The van der Waals surface area contributed by atoms with Crippen LogP contribution in [0.25, 0.3) is 0 Å². The molecule has 1 aromatic heterocycles. The number of aromatic nitrogens is 1. The highest BCUT2D eigenvalue weighted by Crippen LogP contribution is 2.19. The van der Waals surface area contributed by atoms with E-state index in [0.717, 1.165) is 50.4 Å². The number of rotatable bonds is 6. The second-order valence-corrected chi connectivity index (χ2v) is 6.28. The minimum Gasteiger partial charge on any atom is -0.396 e. The first-order chi connectivity index (χ1) is 11.3. The molecular weight excluding hydrogens is 286 g/mol. The molecule has 0 spiro atoms. The third-order valence-corrected chi connectivity index (χ3v) is 4.50. The van der Waals surface area contributed by atoms with E-state index in [9.17, 15) is 5.11 Å². The Morgan fingerprint density at radius 1 is 1.13 bits per heavy atom. The van der Waals surface area contributed by atoms with Gasteiger partial charge in [-0.3, -0.25) is 9.88 Å². The minimum absolute atomic E-state index is 0.334. The molecule has 1 aliphatic rings.